The van der Waals surface area contributed by atoms with Crippen LogP contribution >= 0.6 is 0 Å². The second kappa shape index (κ2) is 44.7. The Morgan fingerprint density at radius 1 is 0.750 bits per heavy atom. The first-order chi connectivity index (χ1) is 14.9. The molecule has 0 bridgehead atoms. The molecule has 6 nitrogen and oxygen atoms in total. The van der Waals surface area contributed by atoms with E-state index in [1.165, 1.54) is 32.2 Å². The van der Waals surface area contributed by atoms with Crippen molar-refractivity contribution in [3.63, 3.8) is 0 Å². The van der Waals surface area contributed by atoms with Crippen LogP contribution in [0.3, 0.4) is 0 Å². The Bertz CT molecular complexity index is 342. The van der Waals surface area contributed by atoms with E-state index in [0.717, 1.165) is 69.6 Å². The summed E-state index contributed by atoms with van der Waals surface area (Å²) in [4.78, 5) is 2.40. The third-order valence-corrected chi connectivity index (χ3v) is 5.68. The van der Waals surface area contributed by atoms with Gasteiger partial charge in [0.15, 0.2) is 0 Å². The molecule has 0 aliphatic carbocycles. The summed E-state index contributed by atoms with van der Waals surface area (Å²) in [6, 6.07) is 0.917. The van der Waals surface area contributed by atoms with Crippen LogP contribution in [0.25, 0.3) is 27.0 Å². The molecule has 0 aromatic rings. The zero-order chi connectivity index (χ0) is 23.9. The van der Waals surface area contributed by atoms with Crippen molar-refractivity contribution in [3.8, 4) is 0 Å². The first-order valence-corrected chi connectivity index (χ1v) is 12.7. The molecule has 4 heterocycles. The fraction of sp³-hybridized carbons (Fsp3) is 1.00. The van der Waals surface area contributed by atoms with E-state index in [2.05, 4.69) is 60.9 Å². The fourth-order valence-electron chi connectivity index (χ4n) is 2.76. The summed E-state index contributed by atoms with van der Waals surface area (Å²) < 4.78 is 0. The Kier molecular flexibility index (Phi) is 70.8. The van der Waals surface area contributed by atoms with E-state index in [1.807, 2.05) is 6.92 Å². The monoisotopic (exact) mass is 884 g/mol. The molecule has 4 saturated heterocycles. The van der Waals surface area contributed by atoms with Crippen molar-refractivity contribution in [1.29, 1.82) is 0 Å². The summed E-state index contributed by atoms with van der Waals surface area (Å²) in [5.74, 6) is 2.73. The molecule has 5 radical (unpaired) electrons. The molecule has 36 heavy (non-hydrogen) atoms. The summed E-state index contributed by atoms with van der Waals surface area (Å²) in [5.41, 5.74) is 6.21. The number of hydrogen-bond acceptors (Lipinski definition) is 1. The normalized spacial score (nSPS) is 20.9. The van der Waals surface area contributed by atoms with Crippen molar-refractivity contribution in [2.75, 3.05) is 73.0 Å². The first-order valence-electron chi connectivity index (χ1n) is 12.7. The van der Waals surface area contributed by atoms with E-state index in [4.69, 9.17) is 5.73 Å². The van der Waals surface area contributed by atoms with Crippen LogP contribution < -0.4 is 0 Å². The van der Waals surface area contributed by atoms with Gasteiger partial charge in [-0.25, -0.2) is 0 Å². The van der Waals surface area contributed by atoms with Gasteiger partial charge in [0.05, 0.1) is 0 Å². The Balaban J connectivity index is -0.0000000555. The van der Waals surface area contributed by atoms with Crippen molar-refractivity contribution in [2.24, 2.45) is 17.8 Å². The number of nitrogens with one attached hydrogen (secondary N) is 1. The Hall–Kier alpha value is 5.28. The minimum absolute atomic E-state index is 0. The summed E-state index contributed by atoms with van der Waals surface area (Å²) >= 11 is 0. The van der Waals surface area contributed by atoms with Crippen molar-refractivity contribution in [2.45, 2.75) is 73.3 Å². The second-order valence-electron chi connectivity index (χ2n) is 8.90. The topological polar surface area (TPSA) is 83.4 Å². The van der Waals surface area contributed by atoms with Crippen LogP contribution in [0.5, 0.6) is 0 Å². The minimum Gasteiger partial charge on any atom is -0.678 e. The molecule has 4 fully saturated rings. The van der Waals surface area contributed by atoms with E-state index in [9.17, 15) is 0 Å². The number of nitrogens with zero attached hydrogens (tertiary/aromatic N) is 5. The predicted octanol–water partition coefficient (Wildman–Crippen LogP) is 6.97. The van der Waals surface area contributed by atoms with Crippen molar-refractivity contribution >= 4 is 0 Å². The molecule has 4 aliphatic rings. The largest absolute Gasteiger partial charge is 0.678 e. The van der Waals surface area contributed by atoms with E-state index in [1.54, 1.807) is 14.0 Å². The third kappa shape index (κ3) is 39.3. The molecule has 4 rings (SSSR count). The predicted molar refractivity (Wildman–Crippen MR) is 142 cm³/mol. The fourth-order valence-corrected chi connectivity index (χ4v) is 2.76. The maximum atomic E-state index is 6.21. The smallest absolute Gasteiger partial charge is 0.0102 e. The second-order valence-corrected chi connectivity index (χ2v) is 8.90. The summed E-state index contributed by atoms with van der Waals surface area (Å²) in [7, 11) is 4.00. The standard InChI is InChI=1S/C6H13N.2C5H10N.C4H8N.C3H8N.C2H6N.5Y/c1-3-6-4-5-7(6)2;1-5-2-3-6-4-5;1-2-5-3-6-4-5;1-4-2-5-3-4;1-3-4-2;1-2-3;;;;;/h6H,3-5H2,1-2H3;2*5H,2-4H2,1H3;4H,2-3H2,1H3;3H2,1-2H3;3H,2H2,1H3;;;;;/q;5*-1;;;;;. The van der Waals surface area contributed by atoms with Gasteiger partial charge in [-0.2, -0.15) is 20.1 Å². The van der Waals surface area contributed by atoms with Gasteiger partial charge in [-0.1, -0.05) is 72.1 Å². The van der Waals surface area contributed by atoms with Crippen LogP contribution in [0.2, 0.25) is 0 Å². The first kappa shape index (κ1) is 57.0. The summed E-state index contributed by atoms with van der Waals surface area (Å²) in [6.07, 6.45) is 5.40. The van der Waals surface area contributed by atoms with Crippen LogP contribution in [-0.2, 0) is 164 Å². The average Bonchev–Trinajstić information content (AvgIpc) is 3.18. The average molecular weight is 884 g/mol. The SMILES string of the molecule is CC1CC[N-]C1.CC1C[N-]C1.CCC1CCN1C.CCC1C[N-]C1.CC[N-]C.CC[NH-].[Y].[Y].[Y].[Y].[Y]. The number of hydrogen-bond donors (Lipinski definition) is 0. The van der Waals surface area contributed by atoms with Gasteiger partial charge < -0.3 is 31.9 Å². The zero-order valence-electron chi connectivity index (χ0n) is 25.1. The molecule has 0 amide bonds. The van der Waals surface area contributed by atoms with Crippen molar-refractivity contribution < 1.29 is 164 Å². The molecule has 0 saturated carbocycles. The van der Waals surface area contributed by atoms with E-state index < -0.39 is 0 Å². The van der Waals surface area contributed by atoms with Crippen LogP contribution in [0, 0.1) is 17.8 Å². The third-order valence-electron chi connectivity index (χ3n) is 5.68. The van der Waals surface area contributed by atoms with E-state index in [0.29, 0.717) is 6.54 Å². The van der Waals surface area contributed by atoms with Crippen LogP contribution in [0.15, 0.2) is 0 Å². The molecular formula is C25H55N6Y5-5. The molecule has 0 spiro atoms. The van der Waals surface area contributed by atoms with Gasteiger partial charge >= 0.3 is 0 Å². The summed E-state index contributed by atoms with van der Waals surface area (Å²) in [5, 5.41) is 16.0. The van der Waals surface area contributed by atoms with Gasteiger partial charge in [-0.05, 0) is 26.4 Å². The maximum absolute atomic E-state index is 6.21. The van der Waals surface area contributed by atoms with Crippen LogP contribution in [-0.4, -0.2) is 83.9 Å². The molecule has 0 aromatic heterocycles. The van der Waals surface area contributed by atoms with Gasteiger partial charge in [-0.15, -0.1) is 39.3 Å². The molecule has 4 aliphatic heterocycles. The van der Waals surface area contributed by atoms with Gasteiger partial charge in [0, 0.05) is 170 Å². The number of likely N-dealkylation sites (tertiary alicyclic amines) is 1. The van der Waals surface area contributed by atoms with Crippen LogP contribution in [0.4, 0.5) is 0 Å². The maximum Gasteiger partial charge on any atom is 0.0102 e. The Morgan fingerprint density at radius 3 is 1.22 bits per heavy atom. The molecule has 205 valence electrons. The van der Waals surface area contributed by atoms with Crippen molar-refractivity contribution in [1.82, 2.24) is 4.90 Å². The molecule has 1 N–H and O–H groups in total. The number of rotatable bonds is 3. The van der Waals surface area contributed by atoms with Gasteiger partial charge in [0.2, 0.25) is 0 Å². The molecule has 2 atom stereocenters. The Morgan fingerprint density at radius 2 is 1.19 bits per heavy atom. The van der Waals surface area contributed by atoms with Gasteiger partial charge in [0.1, 0.15) is 0 Å². The molecule has 11 heteroatoms. The van der Waals surface area contributed by atoms with Crippen LogP contribution in [0.1, 0.15) is 67.2 Å². The van der Waals surface area contributed by atoms with Gasteiger partial charge in [-0.3, -0.25) is 0 Å². The van der Waals surface area contributed by atoms with Crippen molar-refractivity contribution in [3.05, 3.63) is 27.0 Å². The molecule has 2 unspecified atom stereocenters. The van der Waals surface area contributed by atoms with Gasteiger partial charge in [0.25, 0.3) is 0 Å². The summed E-state index contributed by atoms with van der Waals surface area (Å²) in [6.45, 7) is 22.2. The van der Waals surface area contributed by atoms with E-state index in [-0.39, 0.29) is 164 Å². The quantitative estimate of drug-likeness (QED) is 0.302. The Labute approximate surface area is 353 Å². The molecule has 0 aromatic carbocycles. The minimum atomic E-state index is 0. The zero-order valence-corrected chi connectivity index (χ0v) is 39.3. The molecular weight excluding hydrogens is 829 g/mol. The van der Waals surface area contributed by atoms with E-state index >= 15 is 0 Å².